The van der Waals surface area contributed by atoms with Crippen molar-refractivity contribution >= 4 is 34.3 Å². The first-order chi connectivity index (χ1) is 9.16. The van der Waals surface area contributed by atoms with Crippen molar-refractivity contribution in [3.05, 3.63) is 28.2 Å². The third-order valence-corrected chi connectivity index (χ3v) is 3.28. The van der Waals surface area contributed by atoms with Crippen LogP contribution in [0.4, 0.5) is 0 Å². The molecule has 100 valence electrons. The minimum Gasteiger partial charge on any atom is -0.507 e. The third kappa shape index (κ3) is 3.89. The maximum Gasteiger partial charge on any atom is 0.248 e. The van der Waals surface area contributed by atoms with E-state index in [9.17, 15) is 9.90 Å². The van der Waals surface area contributed by atoms with Gasteiger partial charge in [0.2, 0.25) is 5.91 Å². The number of aliphatic imine (C=N–C) groups is 1. The summed E-state index contributed by atoms with van der Waals surface area (Å²) in [6.07, 6.45) is 4.81. The first-order valence-electron chi connectivity index (χ1n) is 5.98. The Morgan fingerprint density at radius 2 is 2.37 bits per heavy atom. The van der Waals surface area contributed by atoms with Gasteiger partial charge in [-0.05, 0) is 31.0 Å². The molecule has 1 aliphatic rings. The molecule has 1 amide bonds. The molecule has 6 heteroatoms. The first-order valence-corrected chi connectivity index (χ1v) is 6.77. The lowest BCUT2D eigenvalue weighted by Crippen LogP contribution is -2.19. The van der Waals surface area contributed by atoms with Crippen molar-refractivity contribution in [2.24, 2.45) is 16.0 Å². The Morgan fingerprint density at radius 3 is 3.11 bits per heavy atom. The van der Waals surface area contributed by atoms with Crippen LogP contribution in [0.1, 0.15) is 18.4 Å². The predicted octanol–water partition coefficient (Wildman–Crippen LogP) is 2.09. The standard InChI is InChI=1S/C13H14BrN3O2/c14-11-3-4-12(18)10(6-11)7-15-5-1-2-9-8-16-17-13(9)19/h3-4,6-9,18H,1-2,5H2,(H,17,19)/t9-/m1/s1. The van der Waals surface area contributed by atoms with Gasteiger partial charge in [0.05, 0.1) is 5.92 Å². The van der Waals surface area contributed by atoms with E-state index >= 15 is 0 Å². The summed E-state index contributed by atoms with van der Waals surface area (Å²) in [5.74, 6) is 0.0253. The average molecular weight is 324 g/mol. The Balaban J connectivity index is 1.79. The zero-order chi connectivity index (χ0) is 13.7. The van der Waals surface area contributed by atoms with Gasteiger partial charge in [-0.1, -0.05) is 15.9 Å². The van der Waals surface area contributed by atoms with Crippen LogP contribution in [0, 0.1) is 5.92 Å². The van der Waals surface area contributed by atoms with E-state index in [4.69, 9.17) is 0 Å². The second kappa shape index (κ2) is 6.47. The summed E-state index contributed by atoms with van der Waals surface area (Å²) in [6, 6.07) is 5.19. The lowest BCUT2D eigenvalue weighted by Gasteiger charge is -2.02. The Morgan fingerprint density at radius 1 is 1.53 bits per heavy atom. The van der Waals surface area contributed by atoms with E-state index in [1.807, 2.05) is 0 Å². The molecule has 1 aromatic rings. The summed E-state index contributed by atoms with van der Waals surface area (Å²) >= 11 is 3.34. The number of nitrogens with zero attached hydrogens (tertiary/aromatic N) is 2. The van der Waals surface area contributed by atoms with Gasteiger partial charge in [0.15, 0.2) is 0 Å². The summed E-state index contributed by atoms with van der Waals surface area (Å²) < 4.78 is 0.894. The van der Waals surface area contributed by atoms with Crippen molar-refractivity contribution in [3.8, 4) is 5.75 Å². The zero-order valence-corrected chi connectivity index (χ0v) is 11.8. The topological polar surface area (TPSA) is 74.0 Å². The normalized spacial score (nSPS) is 18.2. The summed E-state index contributed by atoms with van der Waals surface area (Å²) in [4.78, 5) is 15.5. The van der Waals surface area contributed by atoms with Crippen LogP contribution in [0.25, 0.3) is 0 Å². The minimum absolute atomic E-state index is 0.0476. The van der Waals surface area contributed by atoms with Gasteiger partial charge < -0.3 is 5.11 Å². The molecule has 0 saturated heterocycles. The summed E-state index contributed by atoms with van der Waals surface area (Å²) in [5.41, 5.74) is 3.08. The predicted molar refractivity (Wildman–Crippen MR) is 77.6 cm³/mol. The smallest absolute Gasteiger partial charge is 0.248 e. The van der Waals surface area contributed by atoms with Crippen LogP contribution >= 0.6 is 15.9 Å². The molecule has 19 heavy (non-hydrogen) atoms. The number of rotatable bonds is 5. The molecule has 5 nitrogen and oxygen atoms in total. The number of halogens is 1. The number of hydrazone groups is 1. The molecule has 0 fully saturated rings. The Labute approximate surface area is 119 Å². The molecule has 0 unspecified atom stereocenters. The lowest BCUT2D eigenvalue weighted by atomic mass is 10.1. The monoisotopic (exact) mass is 323 g/mol. The van der Waals surface area contributed by atoms with Crippen LogP contribution in [-0.2, 0) is 4.79 Å². The fourth-order valence-corrected chi connectivity index (χ4v) is 2.12. The number of aromatic hydroxyl groups is 1. The molecule has 0 spiro atoms. The number of benzene rings is 1. The Kier molecular flexibility index (Phi) is 4.68. The Bertz CT molecular complexity index is 529. The van der Waals surface area contributed by atoms with Crippen LogP contribution < -0.4 is 5.43 Å². The van der Waals surface area contributed by atoms with Crippen molar-refractivity contribution in [3.63, 3.8) is 0 Å². The zero-order valence-electron chi connectivity index (χ0n) is 10.2. The molecule has 1 heterocycles. The number of hydrogen-bond donors (Lipinski definition) is 2. The van der Waals surface area contributed by atoms with Gasteiger partial charge in [-0.2, -0.15) is 5.10 Å². The molecular weight excluding hydrogens is 310 g/mol. The molecule has 0 saturated carbocycles. The van der Waals surface area contributed by atoms with E-state index in [-0.39, 0.29) is 17.6 Å². The first kappa shape index (κ1) is 13.7. The fourth-order valence-electron chi connectivity index (χ4n) is 1.74. The third-order valence-electron chi connectivity index (χ3n) is 2.79. The number of amides is 1. The molecule has 1 aliphatic heterocycles. The number of carbonyl (C=O) groups excluding carboxylic acids is 1. The van der Waals surface area contributed by atoms with Crippen LogP contribution in [0.15, 0.2) is 32.8 Å². The Hall–Kier alpha value is -1.69. The van der Waals surface area contributed by atoms with E-state index < -0.39 is 0 Å². The van der Waals surface area contributed by atoms with Crippen molar-refractivity contribution in [2.45, 2.75) is 12.8 Å². The summed E-state index contributed by atoms with van der Waals surface area (Å²) in [7, 11) is 0. The van der Waals surface area contributed by atoms with Crippen molar-refractivity contribution in [1.29, 1.82) is 0 Å². The number of hydrogen-bond acceptors (Lipinski definition) is 4. The largest absolute Gasteiger partial charge is 0.507 e. The molecule has 1 atom stereocenters. The summed E-state index contributed by atoms with van der Waals surface area (Å²) in [5, 5.41) is 13.3. The van der Waals surface area contributed by atoms with Crippen molar-refractivity contribution in [1.82, 2.24) is 5.43 Å². The highest BCUT2D eigenvalue weighted by Gasteiger charge is 2.19. The number of carbonyl (C=O) groups is 1. The van der Waals surface area contributed by atoms with E-state index in [1.54, 1.807) is 30.6 Å². The number of phenolic OH excluding ortho intramolecular Hbond substituents is 1. The molecule has 1 aromatic carbocycles. The van der Waals surface area contributed by atoms with Gasteiger partial charge in [0.1, 0.15) is 5.75 Å². The maximum atomic E-state index is 11.2. The highest BCUT2D eigenvalue weighted by Crippen LogP contribution is 2.20. The maximum absolute atomic E-state index is 11.2. The molecular formula is C13H14BrN3O2. The summed E-state index contributed by atoms with van der Waals surface area (Å²) in [6.45, 7) is 0.615. The highest BCUT2D eigenvalue weighted by atomic mass is 79.9. The van der Waals surface area contributed by atoms with E-state index in [0.29, 0.717) is 12.1 Å². The second-order valence-corrected chi connectivity index (χ2v) is 5.16. The minimum atomic E-state index is -0.130. The molecule has 0 aliphatic carbocycles. The molecule has 0 radical (unpaired) electrons. The lowest BCUT2D eigenvalue weighted by molar-refractivity contribution is -0.122. The van der Waals surface area contributed by atoms with Gasteiger partial charge in [-0.25, -0.2) is 5.43 Å². The van der Waals surface area contributed by atoms with Crippen LogP contribution in [0.5, 0.6) is 5.75 Å². The van der Waals surface area contributed by atoms with Crippen LogP contribution in [0.3, 0.4) is 0 Å². The van der Waals surface area contributed by atoms with Gasteiger partial charge in [-0.15, -0.1) is 0 Å². The van der Waals surface area contributed by atoms with E-state index in [2.05, 4.69) is 31.4 Å². The quantitative estimate of drug-likeness (QED) is 0.643. The SMILES string of the molecule is O=C1NN=C[C@H]1CCCN=Cc1cc(Br)ccc1O. The van der Waals surface area contributed by atoms with Gasteiger partial charge >= 0.3 is 0 Å². The van der Waals surface area contributed by atoms with E-state index in [0.717, 1.165) is 17.3 Å². The number of nitrogens with one attached hydrogen (secondary N) is 1. The molecule has 0 bridgehead atoms. The molecule has 0 aromatic heterocycles. The van der Waals surface area contributed by atoms with Crippen molar-refractivity contribution in [2.75, 3.05) is 6.54 Å². The number of phenols is 1. The average Bonchev–Trinajstić information content (AvgIpc) is 2.79. The fraction of sp³-hybridized carbons (Fsp3) is 0.308. The van der Waals surface area contributed by atoms with Gasteiger partial charge in [-0.3, -0.25) is 9.79 Å². The van der Waals surface area contributed by atoms with Crippen LogP contribution in [-0.4, -0.2) is 30.0 Å². The van der Waals surface area contributed by atoms with Gasteiger partial charge in [0, 0.05) is 29.0 Å². The van der Waals surface area contributed by atoms with Crippen molar-refractivity contribution < 1.29 is 9.90 Å². The second-order valence-electron chi connectivity index (χ2n) is 4.24. The van der Waals surface area contributed by atoms with Gasteiger partial charge in [0.25, 0.3) is 0 Å². The van der Waals surface area contributed by atoms with E-state index in [1.165, 1.54) is 0 Å². The molecule has 2 rings (SSSR count). The highest BCUT2D eigenvalue weighted by molar-refractivity contribution is 9.10. The van der Waals surface area contributed by atoms with Crippen LogP contribution in [0.2, 0.25) is 0 Å². The molecule has 2 N–H and O–H groups in total.